The largest absolute Gasteiger partial charge is 0.343 e. The van der Waals surface area contributed by atoms with Gasteiger partial charge in [-0.3, -0.25) is 9.59 Å². The van der Waals surface area contributed by atoms with Gasteiger partial charge in [0.05, 0.1) is 0 Å². The maximum absolute atomic E-state index is 12.4. The standard InChI is InChI=1S/C14H22N2O2/c1-11(17)15-7-2-12(3-8-15)13(18)16-9-6-14(10-16)4-5-14/h12H,2-10H2,1H3. The van der Waals surface area contributed by atoms with Crippen LogP contribution in [0.4, 0.5) is 0 Å². The first-order chi connectivity index (χ1) is 8.60. The normalized spacial score (nSPS) is 26.7. The Labute approximate surface area is 108 Å². The highest BCUT2D eigenvalue weighted by Crippen LogP contribution is 2.52. The molecule has 0 bridgehead atoms. The zero-order valence-electron chi connectivity index (χ0n) is 11.2. The first-order valence-electron chi connectivity index (χ1n) is 7.14. The van der Waals surface area contributed by atoms with Gasteiger partial charge in [0.15, 0.2) is 0 Å². The third-order valence-corrected chi connectivity index (χ3v) is 5.00. The van der Waals surface area contributed by atoms with Crippen LogP contribution in [-0.2, 0) is 9.59 Å². The van der Waals surface area contributed by atoms with Crippen LogP contribution in [0.15, 0.2) is 0 Å². The van der Waals surface area contributed by atoms with Crippen LogP contribution >= 0.6 is 0 Å². The van der Waals surface area contributed by atoms with Crippen molar-refractivity contribution in [3.8, 4) is 0 Å². The van der Waals surface area contributed by atoms with Gasteiger partial charge in [0.1, 0.15) is 0 Å². The van der Waals surface area contributed by atoms with E-state index in [9.17, 15) is 9.59 Å². The molecule has 2 saturated heterocycles. The Bertz CT molecular complexity index is 368. The van der Waals surface area contributed by atoms with E-state index in [-0.39, 0.29) is 11.8 Å². The van der Waals surface area contributed by atoms with E-state index in [4.69, 9.17) is 0 Å². The molecule has 4 nitrogen and oxygen atoms in total. The quantitative estimate of drug-likeness (QED) is 0.703. The number of carbonyl (C=O) groups is 2. The molecule has 2 amide bonds. The molecule has 18 heavy (non-hydrogen) atoms. The summed E-state index contributed by atoms with van der Waals surface area (Å²) in [6, 6.07) is 0. The lowest BCUT2D eigenvalue weighted by Gasteiger charge is -2.32. The van der Waals surface area contributed by atoms with Crippen molar-refractivity contribution in [2.24, 2.45) is 11.3 Å². The van der Waals surface area contributed by atoms with Crippen molar-refractivity contribution >= 4 is 11.8 Å². The highest BCUT2D eigenvalue weighted by atomic mass is 16.2. The van der Waals surface area contributed by atoms with Gasteiger partial charge in [0, 0.05) is 39.0 Å². The minimum Gasteiger partial charge on any atom is -0.343 e. The predicted octanol–water partition coefficient (Wildman–Crippen LogP) is 1.26. The molecule has 0 N–H and O–H groups in total. The number of rotatable bonds is 1. The molecule has 0 aromatic heterocycles. The molecule has 100 valence electrons. The molecule has 1 saturated carbocycles. The summed E-state index contributed by atoms with van der Waals surface area (Å²) in [5.74, 6) is 0.649. The van der Waals surface area contributed by atoms with Gasteiger partial charge >= 0.3 is 0 Å². The Morgan fingerprint density at radius 3 is 2.17 bits per heavy atom. The smallest absolute Gasteiger partial charge is 0.225 e. The van der Waals surface area contributed by atoms with Crippen LogP contribution in [0.5, 0.6) is 0 Å². The summed E-state index contributed by atoms with van der Waals surface area (Å²) in [5, 5.41) is 0. The van der Waals surface area contributed by atoms with E-state index in [1.54, 1.807) is 6.92 Å². The summed E-state index contributed by atoms with van der Waals surface area (Å²) in [6.07, 6.45) is 5.55. The van der Waals surface area contributed by atoms with E-state index in [2.05, 4.69) is 4.90 Å². The molecule has 1 spiro atoms. The molecule has 1 aliphatic carbocycles. The zero-order chi connectivity index (χ0) is 12.8. The second-order valence-electron chi connectivity index (χ2n) is 6.29. The minimum atomic E-state index is 0.138. The molecule has 0 atom stereocenters. The Morgan fingerprint density at radius 1 is 1.00 bits per heavy atom. The highest BCUT2D eigenvalue weighted by Gasteiger charge is 2.49. The second kappa shape index (κ2) is 4.25. The molecule has 0 aromatic carbocycles. The Kier molecular flexibility index (Phi) is 2.83. The first-order valence-corrected chi connectivity index (χ1v) is 7.14. The van der Waals surface area contributed by atoms with E-state index in [1.807, 2.05) is 4.90 Å². The third-order valence-electron chi connectivity index (χ3n) is 5.00. The number of piperidine rings is 1. The SMILES string of the molecule is CC(=O)N1CCC(C(=O)N2CCC3(CC3)C2)CC1. The zero-order valence-corrected chi connectivity index (χ0v) is 11.2. The molecule has 4 heteroatoms. The van der Waals surface area contributed by atoms with Gasteiger partial charge in [-0.1, -0.05) is 0 Å². The fourth-order valence-electron chi connectivity index (χ4n) is 3.41. The molecule has 2 heterocycles. The molecular weight excluding hydrogens is 228 g/mol. The Hall–Kier alpha value is -1.06. The second-order valence-corrected chi connectivity index (χ2v) is 6.29. The van der Waals surface area contributed by atoms with Gasteiger partial charge < -0.3 is 9.80 Å². The Morgan fingerprint density at radius 2 is 1.67 bits per heavy atom. The molecular formula is C14H22N2O2. The van der Waals surface area contributed by atoms with Crippen LogP contribution in [0.2, 0.25) is 0 Å². The molecule has 2 aliphatic heterocycles. The minimum absolute atomic E-state index is 0.138. The van der Waals surface area contributed by atoms with Crippen molar-refractivity contribution in [2.45, 2.75) is 39.0 Å². The summed E-state index contributed by atoms with van der Waals surface area (Å²) in [7, 11) is 0. The summed E-state index contributed by atoms with van der Waals surface area (Å²) >= 11 is 0. The van der Waals surface area contributed by atoms with Gasteiger partial charge in [-0.2, -0.15) is 0 Å². The van der Waals surface area contributed by atoms with Gasteiger partial charge in [-0.25, -0.2) is 0 Å². The molecule has 0 unspecified atom stereocenters. The van der Waals surface area contributed by atoms with E-state index >= 15 is 0 Å². The van der Waals surface area contributed by atoms with E-state index in [1.165, 1.54) is 19.3 Å². The van der Waals surface area contributed by atoms with Gasteiger partial charge in [0.25, 0.3) is 0 Å². The Balaban J connectivity index is 1.53. The van der Waals surface area contributed by atoms with Crippen LogP contribution < -0.4 is 0 Å². The average Bonchev–Trinajstić information content (AvgIpc) is 2.99. The maximum Gasteiger partial charge on any atom is 0.225 e. The van der Waals surface area contributed by atoms with Gasteiger partial charge in [-0.15, -0.1) is 0 Å². The number of nitrogens with zero attached hydrogens (tertiary/aromatic N) is 2. The van der Waals surface area contributed by atoms with Crippen molar-refractivity contribution in [1.29, 1.82) is 0 Å². The summed E-state index contributed by atoms with van der Waals surface area (Å²) < 4.78 is 0. The number of amides is 2. The fraction of sp³-hybridized carbons (Fsp3) is 0.857. The topological polar surface area (TPSA) is 40.6 Å². The van der Waals surface area contributed by atoms with Crippen LogP contribution in [0.1, 0.15) is 39.0 Å². The van der Waals surface area contributed by atoms with E-state index in [0.717, 1.165) is 39.0 Å². The van der Waals surface area contributed by atoms with Crippen LogP contribution in [0.3, 0.4) is 0 Å². The van der Waals surface area contributed by atoms with Crippen LogP contribution in [-0.4, -0.2) is 47.8 Å². The highest BCUT2D eigenvalue weighted by molar-refractivity contribution is 5.80. The summed E-state index contributed by atoms with van der Waals surface area (Å²) in [4.78, 5) is 27.6. The first kappa shape index (κ1) is 12.0. The molecule has 3 rings (SSSR count). The fourth-order valence-corrected chi connectivity index (χ4v) is 3.41. The maximum atomic E-state index is 12.4. The molecule has 0 radical (unpaired) electrons. The molecule has 3 aliphatic rings. The lowest BCUT2D eigenvalue weighted by molar-refractivity contribution is -0.139. The van der Waals surface area contributed by atoms with Crippen molar-refractivity contribution in [2.75, 3.05) is 26.2 Å². The van der Waals surface area contributed by atoms with Crippen molar-refractivity contribution in [3.05, 3.63) is 0 Å². The third kappa shape index (κ3) is 2.13. The van der Waals surface area contributed by atoms with Crippen molar-refractivity contribution in [1.82, 2.24) is 9.80 Å². The van der Waals surface area contributed by atoms with Crippen molar-refractivity contribution < 1.29 is 9.59 Å². The summed E-state index contributed by atoms with van der Waals surface area (Å²) in [6.45, 7) is 5.08. The predicted molar refractivity (Wildman–Crippen MR) is 67.8 cm³/mol. The lowest BCUT2D eigenvalue weighted by atomic mass is 9.95. The lowest BCUT2D eigenvalue weighted by Crippen LogP contribution is -2.43. The van der Waals surface area contributed by atoms with Crippen LogP contribution in [0.25, 0.3) is 0 Å². The number of carbonyl (C=O) groups excluding carboxylic acids is 2. The van der Waals surface area contributed by atoms with E-state index < -0.39 is 0 Å². The van der Waals surface area contributed by atoms with Gasteiger partial charge in [0.2, 0.25) is 11.8 Å². The average molecular weight is 250 g/mol. The van der Waals surface area contributed by atoms with Crippen LogP contribution in [0, 0.1) is 11.3 Å². The van der Waals surface area contributed by atoms with E-state index in [0.29, 0.717) is 11.3 Å². The number of hydrogen-bond acceptors (Lipinski definition) is 2. The molecule has 0 aromatic rings. The van der Waals surface area contributed by atoms with Gasteiger partial charge in [-0.05, 0) is 37.5 Å². The molecule has 3 fully saturated rings. The van der Waals surface area contributed by atoms with Crippen molar-refractivity contribution in [3.63, 3.8) is 0 Å². The monoisotopic (exact) mass is 250 g/mol. The summed E-state index contributed by atoms with van der Waals surface area (Å²) in [5.41, 5.74) is 0.524. The number of hydrogen-bond donors (Lipinski definition) is 0. The number of likely N-dealkylation sites (tertiary alicyclic amines) is 2.